The van der Waals surface area contributed by atoms with E-state index in [9.17, 15) is 0 Å². The SMILES string of the molecule is CC(C)C(N)CCN(C)C1CCSC1. The summed E-state index contributed by atoms with van der Waals surface area (Å²) >= 11 is 2.08. The Labute approximate surface area is 92.6 Å². The molecule has 1 fully saturated rings. The zero-order valence-electron chi connectivity index (χ0n) is 9.70. The molecule has 2 nitrogen and oxygen atoms in total. The Balaban J connectivity index is 2.16. The largest absolute Gasteiger partial charge is 0.327 e. The van der Waals surface area contributed by atoms with Gasteiger partial charge in [-0.05, 0) is 38.1 Å². The van der Waals surface area contributed by atoms with Crippen LogP contribution in [0.15, 0.2) is 0 Å². The third-order valence-electron chi connectivity index (χ3n) is 3.20. The zero-order chi connectivity index (χ0) is 10.6. The number of nitrogens with zero attached hydrogens (tertiary/aromatic N) is 1. The summed E-state index contributed by atoms with van der Waals surface area (Å²) in [5.74, 6) is 3.26. The van der Waals surface area contributed by atoms with Crippen molar-refractivity contribution in [3.8, 4) is 0 Å². The molecule has 0 amide bonds. The first kappa shape index (κ1) is 12.3. The summed E-state index contributed by atoms with van der Waals surface area (Å²) < 4.78 is 0. The molecular formula is C11H24N2S. The van der Waals surface area contributed by atoms with Gasteiger partial charge in [0, 0.05) is 17.8 Å². The van der Waals surface area contributed by atoms with Crippen LogP contribution < -0.4 is 5.73 Å². The molecule has 2 unspecified atom stereocenters. The molecule has 2 atom stereocenters. The van der Waals surface area contributed by atoms with E-state index in [1.165, 1.54) is 17.9 Å². The molecule has 0 saturated carbocycles. The molecule has 1 aliphatic heterocycles. The van der Waals surface area contributed by atoms with Crippen LogP contribution in [0.5, 0.6) is 0 Å². The second-order valence-corrected chi connectivity index (χ2v) is 5.84. The lowest BCUT2D eigenvalue weighted by Gasteiger charge is -2.25. The molecular weight excluding hydrogens is 192 g/mol. The Hall–Kier alpha value is 0.270. The fraction of sp³-hybridized carbons (Fsp3) is 1.00. The summed E-state index contributed by atoms with van der Waals surface area (Å²) in [4.78, 5) is 2.49. The number of thioether (sulfide) groups is 1. The molecule has 1 aliphatic rings. The average molecular weight is 216 g/mol. The first-order valence-electron chi connectivity index (χ1n) is 5.65. The summed E-state index contributed by atoms with van der Waals surface area (Å²) in [6.07, 6.45) is 2.49. The molecule has 84 valence electrons. The van der Waals surface area contributed by atoms with Gasteiger partial charge in [-0.3, -0.25) is 0 Å². The molecule has 1 saturated heterocycles. The molecule has 1 rings (SSSR count). The van der Waals surface area contributed by atoms with Crippen molar-refractivity contribution in [2.45, 2.75) is 38.8 Å². The lowest BCUT2D eigenvalue weighted by atomic mass is 10.0. The van der Waals surface area contributed by atoms with Gasteiger partial charge in [-0.2, -0.15) is 11.8 Å². The lowest BCUT2D eigenvalue weighted by molar-refractivity contribution is 0.245. The highest BCUT2D eigenvalue weighted by Gasteiger charge is 2.20. The van der Waals surface area contributed by atoms with Gasteiger partial charge in [0.05, 0.1) is 0 Å². The van der Waals surface area contributed by atoms with Crippen LogP contribution in [0.4, 0.5) is 0 Å². The third-order valence-corrected chi connectivity index (χ3v) is 4.35. The number of nitrogens with two attached hydrogens (primary N) is 1. The summed E-state index contributed by atoms with van der Waals surface area (Å²) in [6, 6.07) is 1.17. The van der Waals surface area contributed by atoms with E-state index in [4.69, 9.17) is 5.73 Å². The van der Waals surface area contributed by atoms with Crippen molar-refractivity contribution >= 4 is 11.8 Å². The van der Waals surface area contributed by atoms with Crippen LogP contribution in [0.2, 0.25) is 0 Å². The van der Waals surface area contributed by atoms with Gasteiger partial charge in [-0.1, -0.05) is 13.8 Å². The fourth-order valence-corrected chi connectivity index (χ4v) is 3.04. The van der Waals surface area contributed by atoms with Crippen LogP contribution >= 0.6 is 11.8 Å². The maximum absolute atomic E-state index is 6.03. The van der Waals surface area contributed by atoms with Crippen molar-refractivity contribution in [2.75, 3.05) is 25.1 Å². The second kappa shape index (κ2) is 5.99. The van der Waals surface area contributed by atoms with Crippen molar-refractivity contribution in [3.63, 3.8) is 0 Å². The van der Waals surface area contributed by atoms with E-state index in [2.05, 4.69) is 37.6 Å². The second-order valence-electron chi connectivity index (χ2n) is 4.69. The molecule has 0 aromatic carbocycles. The highest BCUT2D eigenvalue weighted by Crippen LogP contribution is 2.21. The normalized spacial score (nSPS) is 24.9. The van der Waals surface area contributed by atoms with Crippen LogP contribution in [0.25, 0.3) is 0 Å². The van der Waals surface area contributed by atoms with Gasteiger partial charge in [0.25, 0.3) is 0 Å². The van der Waals surface area contributed by atoms with E-state index in [1.54, 1.807) is 0 Å². The third kappa shape index (κ3) is 3.79. The van der Waals surface area contributed by atoms with Crippen LogP contribution in [0, 0.1) is 5.92 Å². The average Bonchev–Trinajstić information content (AvgIpc) is 2.66. The quantitative estimate of drug-likeness (QED) is 0.760. The van der Waals surface area contributed by atoms with Gasteiger partial charge in [-0.15, -0.1) is 0 Å². The fourth-order valence-electron chi connectivity index (χ4n) is 1.74. The molecule has 0 bridgehead atoms. The maximum atomic E-state index is 6.03. The maximum Gasteiger partial charge on any atom is 0.0191 e. The van der Waals surface area contributed by atoms with Crippen molar-refractivity contribution in [3.05, 3.63) is 0 Å². The van der Waals surface area contributed by atoms with E-state index in [0.717, 1.165) is 19.0 Å². The standard InChI is InChI=1S/C11H24N2S/c1-9(2)11(12)4-6-13(3)10-5-7-14-8-10/h9-11H,4-8,12H2,1-3H3. The van der Waals surface area contributed by atoms with E-state index < -0.39 is 0 Å². The number of hydrogen-bond donors (Lipinski definition) is 1. The van der Waals surface area contributed by atoms with E-state index in [1.807, 2.05) is 0 Å². The van der Waals surface area contributed by atoms with Gasteiger partial charge >= 0.3 is 0 Å². The molecule has 0 aliphatic carbocycles. The molecule has 14 heavy (non-hydrogen) atoms. The highest BCUT2D eigenvalue weighted by molar-refractivity contribution is 7.99. The number of rotatable bonds is 5. The molecule has 3 heteroatoms. The predicted molar refractivity (Wildman–Crippen MR) is 65.8 cm³/mol. The van der Waals surface area contributed by atoms with Crippen molar-refractivity contribution < 1.29 is 0 Å². The molecule has 2 N–H and O–H groups in total. The zero-order valence-corrected chi connectivity index (χ0v) is 10.5. The van der Waals surface area contributed by atoms with Gasteiger partial charge in [-0.25, -0.2) is 0 Å². The van der Waals surface area contributed by atoms with Crippen LogP contribution in [-0.2, 0) is 0 Å². The smallest absolute Gasteiger partial charge is 0.0191 e. The van der Waals surface area contributed by atoms with Gasteiger partial charge in [0.2, 0.25) is 0 Å². The summed E-state index contributed by atoms with van der Waals surface area (Å²) in [6.45, 7) is 5.57. The van der Waals surface area contributed by atoms with E-state index >= 15 is 0 Å². The Morgan fingerprint density at radius 2 is 2.21 bits per heavy atom. The highest BCUT2D eigenvalue weighted by atomic mass is 32.2. The minimum atomic E-state index is 0.367. The van der Waals surface area contributed by atoms with Gasteiger partial charge in [0.15, 0.2) is 0 Å². The molecule has 0 spiro atoms. The predicted octanol–water partition coefficient (Wildman–Crippen LogP) is 1.80. The molecule has 0 aromatic rings. The van der Waals surface area contributed by atoms with Crippen molar-refractivity contribution in [1.29, 1.82) is 0 Å². The lowest BCUT2D eigenvalue weighted by Crippen LogP contribution is -2.37. The minimum Gasteiger partial charge on any atom is -0.327 e. The first-order chi connectivity index (χ1) is 6.61. The van der Waals surface area contributed by atoms with Crippen molar-refractivity contribution in [2.24, 2.45) is 11.7 Å². The van der Waals surface area contributed by atoms with Gasteiger partial charge in [0.1, 0.15) is 0 Å². The molecule has 1 heterocycles. The summed E-state index contributed by atoms with van der Waals surface area (Å²) in [5.41, 5.74) is 6.03. The van der Waals surface area contributed by atoms with Gasteiger partial charge < -0.3 is 10.6 Å². The summed E-state index contributed by atoms with van der Waals surface area (Å²) in [5, 5.41) is 0. The Morgan fingerprint density at radius 3 is 2.71 bits per heavy atom. The summed E-state index contributed by atoms with van der Waals surface area (Å²) in [7, 11) is 2.24. The van der Waals surface area contributed by atoms with Crippen LogP contribution in [0.3, 0.4) is 0 Å². The minimum absolute atomic E-state index is 0.367. The Kier molecular flexibility index (Phi) is 5.28. The van der Waals surface area contributed by atoms with Crippen LogP contribution in [-0.4, -0.2) is 42.1 Å². The van der Waals surface area contributed by atoms with E-state index in [-0.39, 0.29) is 0 Å². The monoisotopic (exact) mass is 216 g/mol. The Morgan fingerprint density at radius 1 is 1.50 bits per heavy atom. The topological polar surface area (TPSA) is 29.3 Å². The van der Waals surface area contributed by atoms with Crippen molar-refractivity contribution in [1.82, 2.24) is 4.90 Å². The number of hydrogen-bond acceptors (Lipinski definition) is 3. The first-order valence-corrected chi connectivity index (χ1v) is 6.80. The molecule has 0 radical (unpaired) electrons. The van der Waals surface area contributed by atoms with E-state index in [0.29, 0.717) is 12.0 Å². The van der Waals surface area contributed by atoms with Crippen LogP contribution in [0.1, 0.15) is 26.7 Å². The molecule has 0 aromatic heterocycles. The Bertz CT molecular complexity index is 155.